The summed E-state index contributed by atoms with van der Waals surface area (Å²) in [5.74, 6) is -0.174. The second-order valence-corrected chi connectivity index (χ2v) is 11.0. The highest BCUT2D eigenvalue weighted by Gasteiger charge is 2.25. The molecule has 8 nitrogen and oxygen atoms in total. The van der Waals surface area contributed by atoms with Gasteiger partial charge in [0.15, 0.2) is 9.84 Å². The average Bonchev–Trinajstić information content (AvgIpc) is 2.64. The van der Waals surface area contributed by atoms with Crippen molar-refractivity contribution in [2.45, 2.75) is 24.8 Å². The number of methoxy groups -OCH3 is 1. The molecule has 30 heavy (non-hydrogen) atoms. The highest BCUT2D eigenvalue weighted by molar-refractivity contribution is 7.92. The molecule has 0 bridgehead atoms. The van der Waals surface area contributed by atoms with Gasteiger partial charge in [-0.3, -0.25) is 9.10 Å². The maximum atomic E-state index is 12.6. The summed E-state index contributed by atoms with van der Waals surface area (Å²) in [5.41, 5.74) is 1.79. The summed E-state index contributed by atoms with van der Waals surface area (Å²) in [4.78, 5) is 12.8. The number of sulfonamides is 1. The van der Waals surface area contributed by atoms with E-state index in [1.165, 1.54) is 19.2 Å². The van der Waals surface area contributed by atoms with Crippen LogP contribution in [0.25, 0.3) is 0 Å². The normalized spacial score (nSPS) is 12.8. The van der Waals surface area contributed by atoms with E-state index in [1.807, 2.05) is 6.92 Å². The van der Waals surface area contributed by atoms with Crippen LogP contribution < -0.4 is 14.4 Å². The zero-order valence-corrected chi connectivity index (χ0v) is 19.2. The molecule has 2 aromatic carbocycles. The number of hydrogen-bond acceptors (Lipinski definition) is 6. The Morgan fingerprint density at radius 1 is 1.07 bits per heavy atom. The molecule has 1 atom stereocenters. The highest BCUT2D eigenvalue weighted by Crippen LogP contribution is 2.31. The van der Waals surface area contributed by atoms with Crippen molar-refractivity contribution in [2.24, 2.45) is 0 Å². The minimum Gasteiger partial charge on any atom is -0.495 e. The molecule has 0 fully saturated rings. The Morgan fingerprint density at radius 3 is 2.17 bits per heavy atom. The van der Waals surface area contributed by atoms with Gasteiger partial charge in [0.05, 0.1) is 30.0 Å². The number of nitrogens with zero attached hydrogens (tertiary/aromatic N) is 1. The first kappa shape index (κ1) is 23.7. The molecule has 0 aliphatic heterocycles. The predicted octanol–water partition coefficient (Wildman–Crippen LogP) is 2.05. The Morgan fingerprint density at radius 2 is 1.67 bits per heavy atom. The Bertz CT molecular complexity index is 1130. The summed E-state index contributed by atoms with van der Waals surface area (Å²) < 4.78 is 54.1. The van der Waals surface area contributed by atoms with Crippen molar-refractivity contribution in [3.63, 3.8) is 0 Å². The number of anilines is 1. The topological polar surface area (TPSA) is 110 Å². The predicted molar refractivity (Wildman–Crippen MR) is 116 cm³/mol. The van der Waals surface area contributed by atoms with Crippen molar-refractivity contribution in [1.82, 2.24) is 5.32 Å². The van der Waals surface area contributed by atoms with E-state index in [-0.39, 0.29) is 10.6 Å². The second-order valence-electron chi connectivity index (χ2n) is 7.08. The molecule has 2 rings (SSSR count). The van der Waals surface area contributed by atoms with Crippen molar-refractivity contribution < 1.29 is 26.4 Å². The number of amides is 1. The number of rotatable bonds is 8. The molecular formula is C20H26N2O6S2. The molecule has 0 aliphatic rings. The molecule has 0 spiro atoms. The van der Waals surface area contributed by atoms with E-state index >= 15 is 0 Å². The molecule has 1 N–H and O–H groups in total. The van der Waals surface area contributed by atoms with E-state index in [0.29, 0.717) is 11.3 Å². The van der Waals surface area contributed by atoms with E-state index in [4.69, 9.17) is 4.74 Å². The van der Waals surface area contributed by atoms with Gasteiger partial charge in [0, 0.05) is 6.26 Å². The van der Waals surface area contributed by atoms with Crippen LogP contribution in [-0.2, 0) is 24.7 Å². The van der Waals surface area contributed by atoms with Crippen LogP contribution in [0.5, 0.6) is 5.75 Å². The van der Waals surface area contributed by atoms with Crippen molar-refractivity contribution >= 4 is 31.5 Å². The van der Waals surface area contributed by atoms with Gasteiger partial charge in [0.25, 0.3) is 0 Å². The van der Waals surface area contributed by atoms with E-state index in [1.54, 1.807) is 37.3 Å². The maximum Gasteiger partial charge on any atom is 0.241 e. The lowest BCUT2D eigenvalue weighted by Crippen LogP contribution is -2.41. The lowest BCUT2D eigenvalue weighted by molar-refractivity contribution is -0.120. The van der Waals surface area contributed by atoms with Crippen LogP contribution in [-0.4, -0.2) is 48.9 Å². The first-order chi connectivity index (χ1) is 13.8. The van der Waals surface area contributed by atoms with E-state index < -0.39 is 38.4 Å². The number of sulfone groups is 1. The number of carbonyl (C=O) groups excluding carboxylic acids is 1. The SMILES string of the molecule is COc1ccc(C)cc1N(CC(=O)NC(C)c1ccc(S(C)(=O)=O)cc1)S(C)(=O)=O. The molecule has 0 saturated heterocycles. The first-order valence-corrected chi connectivity index (χ1v) is 12.8. The Balaban J connectivity index is 2.22. The van der Waals surface area contributed by atoms with Crippen LogP contribution in [0.2, 0.25) is 0 Å². The van der Waals surface area contributed by atoms with Gasteiger partial charge in [-0.1, -0.05) is 18.2 Å². The monoisotopic (exact) mass is 454 g/mol. The second kappa shape index (κ2) is 9.05. The minimum atomic E-state index is -3.76. The van der Waals surface area contributed by atoms with Gasteiger partial charge in [-0.2, -0.15) is 0 Å². The lowest BCUT2D eigenvalue weighted by atomic mass is 10.1. The molecule has 0 saturated carbocycles. The average molecular weight is 455 g/mol. The van der Waals surface area contributed by atoms with Gasteiger partial charge in [0.2, 0.25) is 15.9 Å². The highest BCUT2D eigenvalue weighted by atomic mass is 32.2. The molecule has 0 aliphatic carbocycles. The first-order valence-electron chi connectivity index (χ1n) is 9.04. The molecule has 0 aromatic heterocycles. The van der Waals surface area contributed by atoms with E-state index in [2.05, 4.69) is 5.32 Å². The maximum absolute atomic E-state index is 12.6. The van der Waals surface area contributed by atoms with Gasteiger partial charge >= 0.3 is 0 Å². The Kier molecular flexibility index (Phi) is 7.14. The van der Waals surface area contributed by atoms with Crippen LogP contribution in [0.15, 0.2) is 47.4 Å². The summed E-state index contributed by atoms with van der Waals surface area (Å²) in [6.07, 6.45) is 2.14. The van der Waals surface area contributed by atoms with Crippen molar-refractivity contribution in [2.75, 3.05) is 30.5 Å². The Hall–Kier alpha value is -2.59. The van der Waals surface area contributed by atoms with Gasteiger partial charge in [-0.05, 0) is 49.2 Å². The molecule has 0 heterocycles. The number of ether oxygens (including phenoxy) is 1. The fourth-order valence-corrected chi connectivity index (χ4v) is 4.36. The number of carbonyl (C=O) groups is 1. The molecular weight excluding hydrogens is 428 g/mol. The summed E-state index contributed by atoms with van der Waals surface area (Å²) in [6, 6.07) is 10.8. The molecule has 10 heteroatoms. The molecule has 2 aromatic rings. The fraction of sp³-hybridized carbons (Fsp3) is 0.350. The van der Waals surface area contributed by atoms with Crippen molar-refractivity contribution in [3.05, 3.63) is 53.6 Å². The number of benzene rings is 2. The van der Waals surface area contributed by atoms with E-state index in [0.717, 1.165) is 22.4 Å². The summed E-state index contributed by atoms with van der Waals surface area (Å²) in [6.45, 7) is 3.11. The molecule has 1 amide bonds. The quantitative estimate of drug-likeness (QED) is 0.654. The summed E-state index contributed by atoms with van der Waals surface area (Å²) in [7, 11) is -5.65. The van der Waals surface area contributed by atoms with E-state index in [9.17, 15) is 21.6 Å². The third-order valence-corrected chi connectivity index (χ3v) is 6.73. The number of nitrogens with one attached hydrogen (secondary N) is 1. The van der Waals surface area contributed by atoms with Crippen LogP contribution in [0.3, 0.4) is 0 Å². The van der Waals surface area contributed by atoms with Crippen molar-refractivity contribution in [1.29, 1.82) is 0 Å². The smallest absolute Gasteiger partial charge is 0.241 e. The van der Waals surface area contributed by atoms with Crippen LogP contribution >= 0.6 is 0 Å². The summed E-state index contributed by atoms with van der Waals surface area (Å²) in [5, 5.41) is 2.74. The third-order valence-electron chi connectivity index (χ3n) is 4.48. The standard InChI is InChI=1S/C20H26N2O6S2/c1-14-6-11-19(28-3)18(12-14)22(30(5,26)27)13-20(23)21-15(2)16-7-9-17(10-8-16)29(4,24)25/h6-12,15H,13H2,1-5H3,(H,21,23). The molecule has 0 radical (unpaired) electrons. The van der Waals surface area contributed by atoms with Crippen molar-refractivity contribution in [3.8, 4) is 5.75 Å². The lowest BCUT2D eigenvalue weighted by Gasteiger charge is -2.25. The van der Waals surface area contributed by atoms with Crippen LogP contribution in [0.1, 0.15) is 24.1 Å². The number of aryl methyl sites for hydroxylation is 1. The van der Waals surface area contributed by atoms with Crippen LogP contribution in [0, 0.1) is 6.92 Å². The third kappa shape index (κ3) is 5.96. The largest absolute Gasteiger partial charge is 0.495 e. The molecule has 164 valence electrons. The Labute approximate surface area is 177 Å². The molecule has 1 unspecified atom stereocenters. The zero-order chi connectivity index (χ0) is 22.7. The van der Waals surface area contributed by atoms with Gasteiger partial charge < -0.3 is 10.1 Å². The number of hydrogen-bond donors (Lipinski definition) is 1. The fourth-order valence-electron chi connectivity index (χ4n) is 2.88. The minimum absolute atomic E-state index is 0.180. The van der Waals surface area contributed by atoms with Crippen LogP contribution in [0.4, 0.5) is 5.69 Å². The zero-order valence-electron chi connectivity index (χ0n) is 17.5. The van der Waals surface area contributed by atoms with Gasteiger partial charge in [0.1, 0.15) is 12.3 Å². The van der Waals surface area contributed by atoms with Gasteiger partial charge in [-0.25, -0.2) is 16.8 Å². The van der Waals surface area contributed by atoms with Gasteiger partial charge in [-0.15, -0.1) is 0 Å². The summed E-state index contributed by atoms with van der Waals surface area (Å²) >= 11 is 0.